The third-order valence-corrected chi connectivity index (χ3v) is 2.91. The Balaban J connectivity index is 2.10. The summed E-state index contributed by atoms with van der Waals surface area (Å²) in [7, 11) is 0. The number of anilines is 1. The lowest BCUT2D eigenvalue weighted by Crippen LogP contribution is -2.12. The number of tetrazole rings is 1. The van der Waals surface area contributed by atoms with E-state index in [0.717, 1.165) is 0 Å². The van der Waals surface area contributed by atoms with Crippen molar-refractivity contribution in [1.82, 2.24) is 20.2 Å². The zero-order valence-corrected chi connectivity index (χ0v) is 11.1. The predicted molar refractivity (Wildman–Crippen MR) is 69.5 cm³/mol. The number of hydrogen-bond donors (Lipinski definition) is 1. The van der Waals surface area contributed by atoms with Gasteiger partial charge < -0.3 is 10.5 Å². The van der Waals surface area contributed by atoms with Gasteiger partial charge in [0.25, 0.3) is 6.43 Å². The summed E-state index contributed by atoms with van der Waals surface area (Å²) < 4.78 is 30.1. The van der Waals surface area contributed by atoms with Crippen LogP contribution in [0.3, 0.4) is 0 Å². The van der Waals surface area contributed by atoms with Gasteiger partial charge in [-0.1, -0.05) is 17.7 Å². The van der Waals surface area contributed by atoms with Crippen LogP contribution in [0.5, 0.6) is 0 Å². The fourth-order valence-electron chi connectivity index (χ4n) is 1.59. The summed E-state index contributed by atoms with van der Waals surface area (Å²) in [6.45, 7) is -0.307. The maximum atomic E-state index is 11.9. The normalized spacial score (nSPS) is 11.2. The largest absolute Gasteiger partial charge is 0.398 e. The van der Waals surface area contributed by atoms with Gasteiger partial charge in [0, 0.05) is 5.56 Å². The molecular weight excluding hydrogens is 292 g/mol. The summed E-state index contributed by atoms with van der Waals surface area (Å²) in [5.41, 5.74) is 6.70. The minimum Gasteiger partial charge on any atom is -0.398 e. The van der Waals surface area contributed by atoms with Crippen molar-refractivity contribution in [3.05, 3.63) is 23.2 Å². The summed E-state index contributed by atoms with van der Waals surface area (Å²) >= 11 is 6.10. The number of aromatic nitrogens is 4. The standard InChI is InChI=1S/C11H12ClF2N5O/c12-10-7(2-1-3-8(10)15)11-16-17-18-19(11)4-5-20-6-9(13)14/h1-3,9H,4-6,15H2. The molecule has 0 radical (unpaired) electrons. The molecule has 0 unspecified atom stereocenters. The lowest BCUT2D eigenvalue weighted by Gasteiger charge is -2.08. The Morgan fingerprint density at radius 1 is 1.40 bits per heavy atom. The van der Waals surface area contributed by atoms with Gasteiger partial charge in [0.1, 0.15) is 6.61 Å². The molecule has 0 aliphatic carbocycles. The zero-order chi connectivity index (χ0) is 14.5. The molecule has 6 nitrogen and oxygen atoms in total. The van der Waals surface area contributed by atoms with Crippen molar-refractivity contribution in [2.24, 2.45) is 0 Å². The first-order valence-electron chi connectivity index (χ1n) is 5.76. The zero-order valence-electron chi connectivity index (χ0n) is 10.3. The molecule has 0 fully saturated rings. The fourth-order valence-corrected chi connectivity index (χ4v) is 1.80. The molecule has 0 bridgehead atoms. The van der Waals surface area contributed by atoms with Crippen LogP contribution in [0.4, 0.5) is 14.5 Å². The second-order valence-electron chi connectivity index (χ2n) is 3.90. The predicted octanol–water partition coefficient (Wildman–Crippen LogP) is 1.86. The topological polar surface area (TPSA) is 78.9 Å². The summed E-state index contributed by atoms with van der Waals surface area (Å²) in [6.07, 6.45) is -2.49. The summed E-state index contributed by atoms with van der Waals surface area (Å²) in [6, 6.07) is 5.11. The highest BCUT2D eigenvalue weighted by Gasteiger charge is 2.14. The van der Waals surface area contributed by atoms with Gasteiger partial charge >= 0.3 is 0 Å². The molecule has 0 aliphatic rings. The first-order valence-corrected chi connectivity index (χ1v) is 6.14. The van der Waals surface area contributed by atoms with Gasteiger partial charge in [0.15, 0.2) is 5.82 Å². The number of rotatable bonds is 6. The van der Waals surface area contributed by atoms with Crippen molar-refractivity contribution in [2.75, 3.05) is 18.9 Å². The molecule has 0 saturated carbocycles. The van der Waals surface area contributed by atoms with Gasteiger partial charge in [-0.2, -0.15) is 0 Å². The molecule has 0 saturated heterocycles. The highest BCUT2D eigenvalue weighted by molar-refractivity contribution is 6.35. The number of alkyl halides is 2. The second kappa shape index (κ2) is 6.58. The van der Waals surface area contributed by atoms with E-state index in [1.165, 1.54) is 4.68 Å². The van der Waals surface area contributed by atoms with Crippen molar-refractivity contribution in [2.45, 2.75) is 13.0 Å². The van der Waals surface area contributed by atoms with Crippen LogP contribution in [0.2, 0.25) is 5.02 Å². The average Bonchev–Trinajstić information content (AvgIpc) is 2.86. The van der Waals surface area contributed by atoms with E-state index in [1.54, 1.807) is 18.2 Å². The van der Waals surface area contributed by atoms with E-state index in [2.05, 4.69) is 15.5 Å². The van der Waals surface area contributed by atoms with Gasteiger partial charge in [-0.25, -0.2) is 13.5 Å². The van der Waals surface area contributed by atoms with Gasteiger partial charge in [0.2, 0.25) is 0 Å². The van der Waals surface area contributed by atoms with E-state index in [1.807, 2.05) is 0 Å². The van der Waals surface area contributed by atoms with E-state index in [4.69, 9.17) is 22.1 Å². The molecule has 0 aliphatic heterocycles. The number of nitrogens with two attached hydrogens (primary N) is 1. The maximum absolute atomic E-state index is 11.9. The van der Waals surface area contributed by atoms with E-state index in [9.17, 15) is 8.78 Å². The van der Waals surface area contributed by atoms with Crippen LogP contribution in [-0.2, 0) is 11.3 Å². The molecule has 0 amide bonds. The van der Waals surface area contributed by atoms with Gasteiger partial charge in [-0.15, -0.1) is 5.10 Å². The van der Waals surface area contributed by atoms with Gasteiger partial charge in [-0.05, 0) is 22.6 Å². The van der Waals surface area contributed by atoms with E-state index >= 15 is 0 Å². The average molecular weight is 304 g/mol. The molecule has 20 heavy (non-hydrogen) atoms. The minimum atomic E-state index is -2.49. The molecule has 1 heterocycles. The summed E-state index contributed by atoms with van der Waals surface area (Å²) in [5, 5.41) is 11.5. The van der Waals surface area contributed by atoms with E-state index in [0.29, 0.717) is 22.1 Å². The van der Waals surface area contributed by atoms with Crippen molar-refractivity contribution >= 4 is 17.3 Å². The van der Waals surface area contributed by atoms with Crippen LogP contribution >= 0.6 is 11.6 Å². The SMILES string of the molecule is Nc1cccc(-c2nnnn2CCOCC(F)F)c1Cl. The van der Waals surface area contributed by atoms with E-state index < -0.39 is 13.0 Å². The Hall–Kier alpha value is -1.80. The Labute approximate surface area is 118 Å². The Morgan fingerprint density at radius 3 is 2.95 bits per heavy atom. The van der Waals surface area contributed by atoms with Crippen molar-refractivity contribution in [3.63, 3.8) is 0 Å². The highest BCUT2D eigenvalue weighted by Crippen LogP contribution is 2.30. The molecule has 1 aromatic heterocycles. The Bertz CT molecular complexity index is 578. The number of ether oxygens (including phenoxy) is 1. The molecule has 0 spiro atoms. The first kappa shape index (κ1) is 14.6. The highest BCUT2D eigenvalue weighted by atomic mass is 35.5. The summed E-state index contributed by atoms with van der Waals surface area (Å²) in [5.74, 6) is 0.406. The molecular formula is C11H12ClF2N5O. The third kappa shape index (κ3) is 3.40. The molecule has 0 atom stereocenters. The van der Waals surface area contributed by atoms with Crippen LogP contribution < -0.4 is 5.73 Å². The maximum Gasteiger partial charge on any atom is 0.261 e. The molecule has 9 heteroatoms. The third-order valence-electron chi connectivity index (χ3n) is 2.49. The smallest absolute Gasteiger partial charge is 0.261 e. The quantitative estimate of drug-likeness (QED) is 0.651. The first-order chi connectivity index (χ1) is 9.59. The molecule has 2 N–H and O–H groups in total. The lowest BCUT2D eigenvalue weighted by molar-refractivity contribution is 0.0140. The number of hydrogen-bond acceptors (Lipinski definition) is 5. The van der Waals surface area contributed by atoms with Crippen LogP contribution in [0.15, 0.2) is 18.2 Å². The number of nitrogens with zero attached hydrogens (tertiary/aromatic N) is 4. The molecule has 108 valence electrons. The number of benzene rings is 1. The van der Waals surface area contributed by atoms with Crippen LogP contribution in [-0.4, -0.2) is 39.8 Å². The van der Waals surface area contributed by atoms with Crippen LogP contribution in [0.25, 0.3) is 11.4 Å². The Kier molecular flexibility index (Phi) is 4.80. The summed E-state index contributed by atoms with van der Waals surface area (Å²) in [4.78, 5) is 0. The monoisotopic (exact) mass is 303 g/mol. The Morgan fingerprint density at radius 2 is 2.20 bits per heavy atom. The number of halogens is 3. The van der Waals surface area contributed by atoms with Crippen molar-refractivity contribution in [3.8, 4) is 11.4 Å². The van der Waals surface area contributed by atoms with Crippen LogP contribution in [0.1, 0.15) is 0 Å². The molecule has 2 aromatic rings. The number of nitrogen functional groups attached to an aromatic ring is 1. The van der Waals surface area contributed by atoms with Crippen molar-refractivity contribution in [1.29, 1.82) is 0 Å². The minimum absolute atomic E-state index is 0.0717. The lowest BCUT2D eigenvalue weighted by atomic mass is 10.2. The van der Waals surface area contributed by atoms with Crippen molar-refractivity contribution < 1.29 is 13.5 Å². The van der Waals surface area contributed by atoms with Gasteiger partial charge in [-0.3, -0.25) is 0 Å². The fraction of sp³-hybridized carbons (Fsp3) is 0.364. The second-order valence-corrected chi connectivity index (χ2v) is 4.28. The molecule has 1 aromatic carbocycles. The van der Waals surface area contributed by atoms with E-state index in [-0.39, 0.29) is 13.2 Å². The van der Waals surface area contributed by atoms with Gasteiger partial charge in [0.05, 0.1) is 23.9 Å². The van der Waals surface area contributed by atoms with Crippen LogP contribution in [0, 0.1) is 0 Å². The molecule has 2 rings (SSSR count).